The predicted molar refractivity (Wildman–Crippen MR) is 73.9 cm³/mol. The van der Waals surface area contributed by atoms with Crippen LogP contribution in [-0.4, -0.2) is 23.6 Å². The minimum absolute atomic E-state index is 0.00202. The maximum Gasteiger partial charge on any atom is 0.249 e. The molecule has 2 N–H and O–H groups in total. The van der Waals surface area contributed by atoms with Crippen molar-refractivity contribution < 1.29 is 9.53 Å². The minimum atomic E-state index is -0.259. The van der Waals surface area contributed by atoms with E-state index in [9.17, 15) is 4.79 Å². The molecule has 1 aliphatic rings. The largest absolute Gasteiger partial charge is 0.368 e. The number of para-hydroxylation sites is 1. The van der Waals surface area contributed by atoms with Crippen molar-refractivity contribution in [1.29, 1.82) is 0 Å². The van der Waals surface area contributed by atoms with Crippen LogP contribution in [0.2, 0.25) is 0 Å². The number of amides is 1. The van der Waals surface area contributed by atoms with E-state index < -0.39 is 0 Å². The van der Waals surface area contributed by atoms with Crippen LogP contribution in [0, 0.1) is 6.92 Å². The van der Waals surface area contributed by atoms with Gasteiger partial charge in [0.25, 0.3) is 0 Å². The molecule has 1 fully saturated rings. The van der Waals surface area contributed by atoms with Crippen LogP contribution in [0.5, 0.6) is 0 Å². The second-order valence-electron chi connectivity index (χ2n) is 4.99. The van der Waals surface area contributed by atoms with Gasteiger partial charge in [0.15, 0.2) is 0 Å². The molecule has 0 saturated carbocycles. The van der Waals surface area contributed by atoms with Gasteiger partial charge >= 0.3 is 0 Å². The van der Waals surface area contributed by atoms with Crippen molar-refractivity contribution in [1.82, 2.24) is 10.3 Å². The van der Waals surface area contributed by atoms with E-state index in [2.05, 4.69) is 16.4 Å². The first-order chi connectivity index (χ1) is 9.25. The van der Waals surface area contributed by atoms with Crippen LogP contribution < -0.4 is 5.32 Å². The summed E-state index contributed by atoms with van der Waals surface area (Å²) in [6, 6.07) is 8.15. The lowest BCUT2D eigenvalue weighted by atomic mass is 10.1. The number of aromatic amines is 1. The monoisotopic (exact) mass is 258 g/mol. The number of aryl methyl sites for hydroxylation is 1. The van der Waals surface area contributed by atoms with Gasteiger partial charge in [-0.3, -0.25) is 4.79 Å². The van der Waals surface area contributed by atoms with Crippen LogP contribution in [0.4, 0.5) is 0 Å². The fourth-order valence-corrected chi connectivity index (χ4v) is 2.64. The van der Waals surface area contributed by atoms with Gasteiger partial charge in [0.1, 0.15) is 6.10 Å². The van der Waals surface area contributed by atoms with Gasteiger partial charge in [0.2, 0.25) is 5.91 Å². The van der Waals surface area contributed by atoms with Crippen molar-refractivity contribution in [3.8, 4) is 0 Å². The summed E-state index contributed by atoms with van der Waals surface area (Å²) in [7, 11) is 0. The Bertz CT molecular complexity index is 597. The molecule has 1 aliphatic heterocycles. The molecule has 0 spiro atoms. The predicted octanol–water partition coefficient (Wildman–Crippen LogP) is 2.27. The van der Waals surface area contributed by atoms with E-state index in [1.165, 1.54) is 5.39 Å². The van der Waals surface area contributed by atoms with Gasteiger partial charge in [0.05, 0.1) is 0 Å². The number of aromatic nitrogens is 1. The first kappa shape index (κ1) is 12.2. The molecular weight excluding hydrogens is 240 g/mol. The van der Waals surface area contributed by atoms with Gasteiger partial charge in [-0.05, 0) is 31.4 Å². The lowest BCUT2D eigenvalue weighted by Gasteiger charge is -2.10. The Morgan fingerprint density at radius 2 is 2.32 bits per heavy atom. The van der Waals surface area contributed by atoms with E-state index in [0.717, 1.165) is 29.6 Å². The van der Waals surface area contributed by atoms with Crippen molar-refractivity contribution in [2.45, 2.75) is 32.4 Å². The highest BCUT2D eigenvalue weighted by molar-refractivity contribution is 5.86. The van der Waals surface area contributed by atoms with Crippen molar-refractivity contribution in [3.63, 3.8) is 0 Å². The third-order valence-electron chi connectivity index (χ3n) is 3.69. The van der Waals surface area contributed by atoms with Crippen molar-refractivity contribution in [2.24, 2.45) is 0 Å². The van der Waals surface area contributed by atoms with Crippen molar-refractivity contribution in [2.75, 3.05) is 6.61 Å². The van der Waals surface area contributed by atoms with Gasteiger partial charge in [-0.15, -0.1) is 0 Å². The summed E-state index contributed by atoms with van der Waals surface area (Å²) in [5.41, 5.74) is 3.37. The molecule has 3 rings (SSSR count). The summed E-state index contributed by atoms with van der Waals surface area (Å²) in [4.78, 5) is 15.3. The Balaban J connectivity index is 1.74. The molecule has 100 valence electrons. The molecule has 0 aliphatic carbocycles. The van der Waals surface area contributed by atoms with Crippen LogP contribution >= 0.6 is 0 Å². The number of hydrogen-bond donors (Lipinski definition) is 2. The van der Waals surface area contributed by atoms with Gasteiger partial charge in [-0.25, -0.2) is 0 Å². The molecule has 1 aromatic heterocycles. The van der Waals surface area contributed by atoms with Gasteiger partial charge in [-0.2, -0.15) is 0 Å². The van der Waals surface area contributed by atoms with E-state index in [1.54, 1.807) is 0 Å². The van der Waals surface area contributed by atoms with Crippen LogP contribution in [0.3, 0.4) is 0 Å². The molecule has 0 radical (unpaired) electrons. The van der Waals surface area contributed by atoms with Crippen LogP contribution in [0.25, 0.3) is 10.9 Å². The number of benzene rings is 1. The normalized spacial score (nSPS) is 18.9. The van der Waals surface area contributed by atoms with Gasteiger partial charge in [0, 0.05) is 29.7 Å². The zero-order valence-electron chi connectivity index (χ0n) is 11.0. The number of hydrogen-bond acceptors (Lipinski definition) is 2. The second-order valence-corrected chi connectivity index (χ2v) is 4.99. The molecule has 1 amide bonds. The molecule has 1 saturated heterocycles. The highest BCUT2D eigenvalue weighted by Gasteiger charge is 2.23. The Hall–Kier alpha value is -1.81. The number of carbonyl (C=O) groups excluding carboxylic acids is 1. The fourth-order valence-electron chi connectivity index (χ4n) is 2.64. The van der Waals surface area contributed by atoms with Gasteiger partial charge < -0.3 is 15.0 Å². The summed E-state index contributed by atoms with van der Waals surface area (Å²) >= 11 is 0. The summed E-state index contributed by atoms with van der Waals surface area (Å²) in [5.74, 6) is 0.00202. The molecule has 19 heavy (non-hydrogen) atoms. The number of nitrogens with one attached hydrogen (secondary N) is 2. The topological polar surface area (TPSA) is 54.1 Å². The fraction of sp³-hybridized carbons (Fsp3) is 0.400. The Morgan fingerprint density at radius 3 is 3.11 bits per heavy atom. The Kier molecular flexibility index (Phi) is 3.25. The standard InChI is InChI=1S/C15H18N2O2/c1-10-12(11-5-2-3-6-13(11)17-10)9-16-15(18)14-7-4-8-19-14/h2-3,5-6,14,17H,4,7-9H2,1H3,(H,16,18). The zero-order chi connectivity index (χ0) is 13.2. The molecule has 1 aromatic carbocycles. The van der Waals surface area contributed by atoms with Crippen molar-refractivity contribution in [3.05, 3.63) is 35.5 Å². The first-order valence-electron chi connectivity index (χ1n) is 6.71. The third-order valence-corrected chi connectivity index (χ3v) is 3.69. The smallest absolute Gasteiger partial charge is 0.249 e. The molecule has 2 heterocycles. The molecule has 1 unspecified atom stereocenters. The molecule has 0 bridgehead atoms. The Labute approximate surface area is 112 Å². The lowest BCUT2D eigenvalue weighted by molar-refractivity contribution is -0.130. The summed E-state index contributed by atoms with van der Waals surface area (Å²) < 4.78 is 5.38. The molecule has 4 heteroatoms. The SMILES string of the molecule is Cc1[nH]c2ccccc2c1CNC(=O)C1CCCO1. The number of fused-ring (bicyclic) bond motifs is 1. The Morgan fingerprint density at radius 1 is 1.47 bits per heavy atom. The van der Waals surface area contributed by atoms with Crippen LogP contribution in [0.15, 0.2) is 24.3 Å². The summed E-state index contributed by atoms with van der Waals surface area (Å²) in [6.07, 6.45) is 1.55. The van der Waals surface area contributed by atoms with E-state index in [-0.39, 0.29) is 12.0 Å². The summed E-state index contributed by atoms with van der Waals surface area (Å²) in [6.45, 7) is 3.28. The number of ether oxygens (including phenoxy) is 1. The third kappa shape index (κ3) is 2.36. The summed E-state index contributed by atoms with van der Waals surface area (Å²) in [5, 5.41) is 4.15. The van der Waals surface area contributed by atoms with Gasteiger partial charge in [-0.1, -0.05) is 18.2 Å². The minimum Gasteiger partial charge on any atom is -0.368 e. The maximum atomic E-state index is 11.9. The van der Waals surface area contributed by atoms with E-state index in [4.69, 9.17) is 4.74 Å². The highest BCUT2D eigenvalue weighted by Crippen LogP contribution is 2.21. The average Bonchev–Trinajstić information content (AvgIpc) is 3.03. The van der Waals surface area contributed by atoms with Crippen LogP contribution in [0.1, 0.15) is 24.1 Å². The highest BCUT2D eigenvalue weighted by atomic mass is 16.5. The number of rotatable bonds is 3. The van der Waals surface area contributed by atoms with E-state index >= 15 is 0 Å². The molecular formula is C15H18N2O2. The molecule has 1 atom stereocenters. The first-order valence-corrected chi connectivity index (χ1v) is 6.71. The molecule has 2 aromatic rings. The van der Waals surface area contributed by atoms with E-state index in [0.29, 0.717) is 13.2 Å². The average molecular weight is 258 g/mol. The maximum absolute atomic E-state index is 11.9. The van der Waals surface area contributed by atoms with Crippen LogP contribution in [-0.2, 0) is 16.1 Å². The number of H-pyrrole nitrogens is 1. The number of carbonyl (C=O) groups is 1. The second kappa shape index (κ2) is 5.05. The zero-order valence-corrected chi connectivity index (χ0v) is 11.0. The van der Waals surface area contributed by atoms with E-state index in [1.807, 2.05) is 25.1 Å². The lowest BCUT2D eigenvalue weighted by Crippen LogP contribution is -2.33. The van der Waals surface area contributed by atoms with Crippen molar-refractivity contribution >= 4 is 16.8 Å². The quantitative estimate of drug-likeness (QED) is 0.887. The molecule has 4 nitrogen and oxygen atoms in total.